The Kier molecular flexibility index (Phi) is 7.74. The molecule has 0 fully saturated rings. The topological polar surface area (TPSA) is 80.3 Å². The van der Waals surface area contributed by atoms with Crippen LogP contribution in [0.4, 0.5) is 0 Å². The summed E-state index contributed by atoms with van der Waals surface area (Å²) in [6.07, 6.45) is 4.32. The fraction of sp³-hybridized carbons (Fsp3) is 0.387. The Bertz CT molecular complexity index is 1310. The van der Waals surface area contributed by atoms with Crippen molar-refractivity contribution in [2.75, 3.05) is 34.4 Å². The maximum atomic E-state index is 13.4. The molecule has 0 saturated heterocycles. The van der Waals surface area contributed by atoms with Crippen LogP contribution in [0.1, 0.15) is 52.7 Å². The summed E-state index contributed by atoms with van der Waals surface area (Å²) >= 11 is 0. The van der Waals surface area contributed by atoms with Crippen LogP contribution in [-0.4, -0.2) is 50.3 Å². The van der Waals surface area contributed by atoms with Crippen molar-refractivity contribution in [3.63, 3.8) is 0 Å². The molecule has 3 aromatic rings. The van der Waals surface area contributed by atoms with Crippen molar-refractivity contribution in [2.45, 2.75) is 44.2 Å². The zero-order chi connectivity index (χ0) is 26.6. The molecule has 38 heavy (non-hydrogen) atoms. The second-order valence-corrected chi connectivity index (χ2v) is 10.1. The van der Waals surface area contributed by atoms with E-state index in [1.54, 1.807) is 21.3 Å². The standard InChI is InChI=1S/C31H36N2O5/c1-36-28-13-10-20(16-30(28)38-3)15-26-24-18-27(34)29(37-2)17-22(24)8-6-14-33(26)19-31(35)32-25-12-11-21-7-4-5-9-23(21)25/h4-5,7,9-10,13,16-18,25-26,34H,6,8,11-12,14-15,19H2,1-3H3,(H,32,35). The molecular formula is C31H36N2O5. The van der Waals surface area contributed by atoms with Gasteiger partial charge in [-0.25, -0.2) is 0 Å². The van der Waals surface area contributed by atoms with Gasteiger partial charge < -0.3 is 24.6 Å². The summed E-state index contributed by atoms with van der Waals surface area (Å²) in [4.78, 5) is 15.6. The quantitative estimate of drug-likeness (QED) is 0.450. The van der Waals surface area contributed by atoms with Gasteiger partial charge >= 0.3 is 0 Å². The Morgan fingerprint density at radius 3 is 2.50 bits per heavy atom. The van der Waals surface area contributed by atoms with Gasteiger partial charge in [-0.3, -0.25) is 9.69 Å². The highest BCUT2D eigenvalue weighted by molar-refractivity contribution is 5.79. The highest BCUT2D eigenvalue weighted by atomic mass is 16.5. The molecule has 1 aliphatic carbocycles. The summed E-state index contributed by atoms with van der Waals surface area (Å²) in [5.74, 6) is 1.94. The van der Waals surface area contributed by atoms with Gasteiger partial charge in [-0.15, -0.1) is 0 Å². The van der Waals surface area contributed by atoms with Gasteiger partial charge in [0.25, 0.3) is 0 Å². The molecule has 0 spiro atoms. The summed E-state index contributed by atoms with van der Waals surface area (Å²) in [5.41, 5.74) is 5.76. The zero-order valence-corrected chi connectivity index (χ0v) is 22.3. The molecule has 2 atom stereocenters. The summed E-state index contributed by atoms with van der Waals surface area (Å²) in [6, 6.07) is 18.0. The molecule has 0 radical (unpaired) electrons. The third-order valence-electron chi connectivity index (χ3n) is 7.82. The second kappa shape index (κ2) is 11.4. The van der Waals surface area contributed by atoms with E-state index in [0.29, 0.717) is 23.7 Å². The lowest BCUT2D eigenvalue weighted by molar-refractivity contribution is -0.123. The predicted octanol–water partition coefficient (Wildman–Crippen LogP) is 4.75. The Morgan fingerprint density at radius 2 is 1.71 bits per heavy atom. The predicted molar refractivity (Wildman–Crippen MR) is 146 cm³/mol. The number of phenolic OH excluding ortho intramolecular Hbond substituents is 1. The fourth-order valence-corrected chi connectivity index (χ4v) is 5.93. The van der Waals surface area contributed by atoms with Crippen LogP contribution in [0.25, 0.3) is 0 Å². The van der Waals surface area contributed by atoms with E-state index in [1.165, 1.54) is 11.1 Å². The first-order valence-corrected chi connectivity index (χ1v) is 13.2. The van der Waals surface area contributed by atoms with Gasteiger partial charge in [0.1, 0.15) is 0 Å². The van der Waals surface area contributed by atoms with Gasteiger partial charge in [-0.2, -0.15) is 0 Å². The largest absolute Gasteiger partial charge is 0.504 e. The average molecular weight is 517 g/mol. The lowest BCUT2D eigenvalue weighted by atomic mass is 9.92. The molecule has 1 heterocycles. The highest BCUT2D eigenvalue weighted by Gasteiger charge is 2.30. The van der Waals surface area contributed by atoms with Gasteiger partial charge in [0.2, 0.25) is 5.91 Å². The molecule has 0 aromatic heterocycles. The fourth-order valence-electron chi connectivity index (χ4n) is 5.93. The van der Waals surface area contributed by atoms with Crippen molar-refractivity contribution >= 4 is 5.91 Å². The Morgan fingerprint density at radius 1 is 0.921 bits per heavy atom. The first-order chi connectivity index (χ1) is 18.5. The number of fused-ring (bicyclic) bond motifs is 2. The Balaban J connectivity index is 1.43. The SMILES string of the molecule is COc1cc2c(cc1O)C(Cc1ccc(OC)c(OC)c1)N(CC(=O)NC1CCc3ccccc31)CCC2. The maximum absolute atomic E-state index is 13.4. The molecule has 1 aliphatic heterocycles. The molecule has 200 valence electrons. The van der Waals surface area contributed by atoms with Gasteiger partial charge in [-0.05, 0) is 90.7 Å². The average Bonchev–Trinajstić information content (AvgIpc) is 3.26. The second-order valence-electron chi connectivity index (χ2n) is 10.1. The number of carbonyl (C=O) groups excluding carboxylic acids is 1. The summed E-state index contributed by atoms with van der Waals surface area (Å²) < 4.78 is 16.4. The number of methoxy groups -OCH3 is 3. The molecule has 2 N–H and O–H groups in total. The van der Waals surface area contributed by atoms with E-state index in [4.69, 9.17) is 14.2 Å². The summed E-state index contributed by atoms with van der Waals surface area (Å²) in [7, 11) is 4.82. The van der Waals surface area contributed by atoms with Gasteiger partial charge in [0.05, 0.1) is 33.9 Å². The number of hydrogen-bond acceptors (Lipinski definition) is 6. The smallest absolute Gasteiger partial charge is 0.234 e. The number of aryl methyl sites for hydroxylation is 2. The van der Waals surface area contributed by atoms with E-state index < -0.39 is 0 Å². The number of hydrogen-bond donors (Lipinski definition) is 2. The normalized spacial score (nSPS) is 18.7. The molecule has 2 aliphatic rings. The number of nitrogens with zero attached hydrogens (tertiary/aromatic N) is 1. The third-order valence-corrected chi connectivity index (χ3v) is 7.82. The van der Waals surface area contributed by atoms with Crippen molar-refractivity contribution in [1.82, 2.24) is 10.2 Å². The van der Waals surface area contributed by atoms with Crippen LogP contribution in [0.15, 0.2) is 54.6 Å². The number of aromatic hydroxyl groups is 1. The molecule has 2 unspecified atom stereocenters. The highest BCUT2D eigenvalue weighted by Crippen LogP contribution is 2.39. The number of rotatable bonds is 8. The molecule has 5 rings (SSSR count). The van der Waals surface area contributed by atoms with Crippen molar-refractivity contribution < 1.29 is 24.1 Å². The minimum absolute atomic E-state index is 0.0187. The molecular weight excluding hydrogens is 480 g/mol. The van der Waals surface area contributed by atoms with Crippen LogP contribution in [0.2, 0.25) is 0 Å². The van der Waals surface area contributed by atoms with Crippen molar-refractivity contribution in [3.8, 4) is 23.0 Å². The minimum atomic E-state index is -0.107. The van der Waals surface area contributed by atoms with Crippen LogP contribution in [-0.2, 0) is 24.1 Å². The molecule has 3 aromatic carbocycles. The monoisotopic (exact) mass is 516 g/mol. The van der Waals surface area contributed by atoms with Gasteiger partial charge in [0.15, 0.2) is 23.0 Å². The third kappa shape index (κ3) is 5.29. The number of nitrogens with one attached hydrogen (secondary N) is 1. The number of ether oxygens (including phenoxy) is 3. The number of benzene rings is 3. The van der Waals surface area contributed by atoms with Gasteiger partial charge in [-0.1, -0.05) is 30.3 Å². The zero-order valence-electron chi connectivity index (χ0n) is 22.3. The van der Waals surface area contributed by atoms with E-state index in [9.17, 15) is 9.90 Å². The van der Waals surface area contributed by atoms with Crippen LogP contribution in [0.5, 0.6) is 23.0 Å². The van der Waals surface area contributed by atoms with Crippen LogP contribution in [0, 0.1) is 0 Å². The van der Waals surface area contributed by atoms with E-state index in [2.05, 4.69) is 28.4 Å². The van der Waals surface area contributed by atoms with Crippen molar-refractivity contribution in [3.05, 3.63) is 82.4 Å². The van der Waals surface area contributed by atoms with Crippen molar-refractivity contribution in [1.29, 1.82) is 0 Å². The summed E-state index contributed by atoms with van der Waals surface area (Å²) in [5, 5.41) is 14.0. The Labute approximate surface area is 224 Å². The molecule has 7 heteroatoms. The van der Waals surface area contributed by atoms with Gasteiger partial charge in [0, 0.05) is 6.04 Å². The molecule has 0 bridgehead atoms. The molecule has 0 saturated carbocycles. The molecule has 1 amide bonds. The number of carbonyl (C=O) groups is 1. The lowest BCUT2D eigenvalue weighted by Crippen LogP contribution is -2.41. The molecule has 7 nitrogen and oxygen atoms in total. The van der Waals surface area contributed by atoms with Crippen molar-refractivity contribution in [2.24, 2.45) is 0 Å². The maximum Gasteiger partial charge on any atom is 0.234 e. The summed E-state index contributed by atoms with van der Waals surface area (Å²) in [6.45, 7) is 1.05. The lowest BCUT2D eigenvalue weighted by Gasteiger charge is -2.31. The van der Waals surface area contributed by atoms with E-state index in [0.717, 1.165) is 48.9 Å². The van der Waals surface area contributed by atoms with E-state index in [1.807, 2.05) is 36.4 Å². The first kappa shape index (κ1) is 25.9. The van der Waals surface area contributed by atoms with Crippen LogP contribution < -0.4 is 19.5 Å². The number of amides is 1. The van der Waals surface area contributed by atoms with Crippen LogP contribution in [0.3, 0.4) is 0 Å². The Hall–Kier alpha value is -3.71. The minimum Gasteiger partial charge on any atom is -0.504 e. The van der Waals surface area contributed by atoms with E-state index in [-0.39, 0.29) is 30.3 Å². The number of phenols is 1. The van der Waals surface area contributed by atoms with E-state index >= 15 is 0 Å². The van der Waals surface area contributed by atoms with Crippen LogP contribution >= 0.6 is 0 Å². The first-order valence-electron chi connectivity index (χ1n) is 13.2.